The zero-order valence-electron chi connectivity index (χ0n) is 11.7. The Morgan fingerprint density at radius 1 is 1.18 bits per heavy atom. The summed E-state index contributed by atoms with van der Waals surface area (Å²) in [5.41, 5.74) is 0.929. The van der Waals surface area contributed by atoms with Crippen molar-refractivity contribution < 1.29 is 9.47 Å². The van der Waals surface area contributed by atoms with Crippen molar-refractivity contribution in [2.24, 2.45) is 0 Å². The van der Waals surface area contributed by atoms with Crippen LogP contribution in [0.3, 0.4) is 0 Å². The molecule has 0 fully saturated rings. The molecule has 0 saturated heterocycles. The summed E-state index contributed by atoms with van der Waals surface area (Å²) < 4.78 is 12.5. The average molecular weight is 379 g/mol. The number of benzene rings is 2. The SMILES string of the molecule is S=C(NC[C@H]1COc2ccccc2O1)Nc1cccc(Br)c1. The lowest BCUT2D eigenvalue weighted by atomic mass is 10.2. The van der Waals surface area contributed by atoms with Crippen molar-refractivity contribution in [1.29, 1.82) is 0 Å². The van der Waals surface area contributed by atoms with Crippen molar-refractivity contribution in [3.63, 3.8) is 0 Å². The molecule has 0 amide bonds. The average Bonchev–Trinajstić information content (AvgIpc) is 2.53. The highest BCUT2D eigenvalue weighted by molar-refractivity contribution is 9.10. The molecule has 0 unspecified atom stereocenters. The fraction of sp³-hybridized carbons (Fsp3) is 0.188. The minimum atomic E-state index is -0.0721. The number of fused-ring (bicyclic) bond motifs is 1. The zero-order chi connectivity index (χ0) is 15.4. The molecule has 3 rings (SSSR count). The third-order valence-electron chi connectivity index (χ3n) is 3.14. The molecule has 0 saturated carbocycles. The van der Waals surface area contributed by atoms with Gasteiger partial charge in [0.1, 0.15) is 12.7 Å². The molecule has 2 aromatic rings. The third kappa shape index (κ3) is 3.90. The van der Waals surface area contributed by atoms with Gasteiger partial charge in [-0.1, -0.05) is 34.1 Å². The smallest absolute Gasteiger partial charge is 0.170 e. The molecule has 1 heterocycles. The Bertz CT molecular complexity index is 681. The molecule has 22 heavy (non-hydrogen) atoms. The maximum atomic E-state index is 5.87. The Hall–Kier alpha value is -1.79. The van der Waals surface area contributed by atoms with E-state index in [-0.39, 0.29) is 6.10 Å². The van der Waals surface area contributed by atoms with Crippen molar-refractivity contribution in [2.45, 2.75) is 6.10 Å². The summed E-state index contributed by atoms with van der Waals surface area (Å²) in [5.74, 6) is 1.56. The number of hydrogen-bond acceptors (Lipinski definition) is 3. The van der Waals surface area contributed by atoms with E-state index in [1.807, 2.05) is 48.5 Å². The van der Waals surface area contributed by atoms with Gasteiger partial charge in [-0.15, -0.1) is 0 Å². The van der Waals surface area contributed by atoms with Crippen molar-refractivity contribution in [2.75, 3.05) is 18.5 Å². The van der Waals surface area contributed by atoms with Gasteiger partial charge in [0.05, 0.1) is 6.54 Å². The van der Waals surface area contributed by atoms with Crippen LogP contribution in [0.15, 0.2) is 53.0 Å². The maximum absolute atomic E-state index is 5.87. The summed E-state index contributed by atoms with van der Waals surface area (Å²) in [4.78, 5) is 0. The Morgan fingerprint density at radius 3 is 2.82 bits per heavy atom. The number of para-hydroxylation sites is 2. The van der Waals surface area contributed by atoms with Gasteiger partial charge in [-0.2, -0.15) is 0 Å². The molecule has 0 radical (unpaired) electrons. The second-order valence-electron chi connectivity index (χ2n) is 4.84. The lowest BCUT2D eigenvalue weighted by Crippen LogP contribution is -2.42. The molecule has 6 heteroatoms. The fourth-order valence-electron chi connectivity index (χ4n) is 2.11. The van der Waals surface area contributed by atoms with Crippen LogP contribution < -0.4 is 20.1 Å². The summed E-state index contributed by atoms with van der Waals surface area (Å²) in [6.45, 7) is 1.08. The standard InChI is InChI=1S/C16H15BrN2O2S/c17-11-4-3-5-12(8-11)19-16(22)18-9-13-10-20-14-6-1-2-7-15(14)21-13/h1-8,13H,9-10H2,(H2,18,19,22)/t13-/m0/s1. The van der Waals surface area contributed by atoms with Crippen LogP contribution in [0.4, 0.5) is 5.69 Å². The number of rotatable bonds is 3. The van der Waals surface area contributed by atoms with Crippen LogP contribution in [0.5, 0.6) is 11.5 Å². The van der Waals surface area contributed by atoms with Crippen LogP contribution in [0.1, 0.15) is 0 Å². The van der Waals surface area contributed by atoms with Crippen LogP contribution in [0.25, 0.3) is 0 Å². The molecule has 1 atom stereocenters. The molecule has 0 spiro atoms. The summed E-state index contributed by atoms with van der Waals surface area (Å²) >= 11 is 8.72. The third-order valence-corrected chi connectivity index (χ3v) is 3.88. The first-order chi connectivity index (χ1) is 10.7. The highest BCUT2D eigenvalue weighted by Gasteiger charge is 2.20. The van der Waals surface area contributed by atoms with Gasteiger partial charge >= 0.3 is 0 Å². The number of thiocarbonyl (C=S) groups is 1. The first-order valence-electron chi connectivity index (χ1n) is 6.89. The predicted molar refractivity (Wildman–Crippen MR) is 94.7 cm³/mol. The number of halogens is 1. The molecule has 0 aliphatic carbocycles. The van der Waals surface area contributed by atoms with Crippen molar-refractivity contribution in [1.82, 2.24) is 5.32 Å². The fourth-order valence-corrected chi connectivity index (χ4v) is 2.71. The maximum Gasteiger partial charge on any atom is 0.170 e. The molecule has 2 N–H and O–H groups in total. The second-order valence-corrected chi connectivity index (χ2v) is 6.17. The molecular formula is C16H15BrN2O2S. The van der Waals surface area contributed by atoms with E-state index in [1.54, 1.807) is 0 Å². The van der Waals surface area contributed by atoms with Crippen LogP contribution in [-0.4, -0.2) is 24.4 Å². The molecule has 0 aromatic heterocycles. The summed E-state index contributed by atoms with van der Waals surface area (Å²) in [5, 5.41) is 6.84. The quantitative estimate of drug-likeness (QED) is 0.799. The number of hydrogen-bond donors (Lipinski definition) is 2. The minimum Gasteiger partial charge on any atom is -0.486 e. The van der Waals surface area contributed by atoms with Crippen molar-refractivity contribution >= 4 is 38.9 Å². The predicted octanol–water partition coefficient (Wildman–Crippen LogP) is 3.58. The van der Waals surface area contributed by atoms with Crippen LogP contribution in [-0.2, 0) is 0 Å². The van der Waals surface area contributed by atoms with E-state index in [0.29, 0.717) is 18.3 Å². The van der Waals surface area contributed by atoms with E-state index < -0.39 is 0 Å². The lowest BCUT2D eigenvalue weighted by Gasteiger charge is -2.27. The molecule has 2 aromatic carbocycles. The molecule has 1 aliphatic heterocycles. The van der Waals surface area contributed by atoms with Gasteiger partial charge in [0.25, 0.3) is 0 Å². The van der Waals surface area contributed by atoms with Crippen molar-refractivity contribution in [3.05, 3.63) is 53.0 Å². The Balaban J connectivity index is 1.50. The normalized spacial score (nSPS) is 16.0. The first-order valence-corrected chi connectivity index (χ1v) is 8.10. The topological polar surface area (TPSA) is 42.5 Å². The van der Waals surface area contributed by atoms with E-state index in [2.05, 4.69) is 26.6 Å². The summed E-state index contributed by atoms with van der Waals surface area (Å²) in [6.07, 6.45) is -0.0721. The van der Waals surface area contributed by atoms with Gasteiger partial charge in [-0.3, -0.25) is 0 Å². The molecule has 1 aliphatic rings. The van der Waals surface area contributed by atoms with Gasteiger partial charge in [-0.05, 0) is 42.5 Å². The zero-order valence-corrected chi connectivity index (χ0v) is 14.1. The molecule has 4 nitrogen and oxygen atoms in total. The first kappa shape index (κ1) is 15.1. The monoisotopic (exact) mass is 378 g/mol. The second kappa shape index (κ2) is 6.98. The van der Waals surface area contributed by atoms with E-state index in [0.717, 1.165) is 21.7 Å². The van der Waals surface area contributed by atoms with Gasteiger partial charge in [-0.25, -0.2) is 0 Å². The Morgan fingerprint density at radius 2 is 2.00 bits per heavy atom. The van der Waals surface area contributed by atoms with E-state index in [1.165, 1.54) is 0 Å². The van der Waals surface area contributed by atoms with Crippen LogP contribution in [0.2, 0.25) is 0 Å². The number of anilines is 1. The summed E-state index contributed by atoms with van der Waals surface area (Å²) in [6, 6.07) is 15.5. The molecule has 0 bridgehead atoms. The highest BCUT2D eigenvalue weighted by Crippen LogP contribution is 2.30. The Kier molecular flexibility index (Phi) is 4.80. The van der Waals surface area contributed by atoms with E-state index in [9.17, 15) is 0 Å². The van der Waals surface area contributed by atoms with Gasteiger partial charge in [0.15, 0.2) is 16.6 Å². The molecule has 114 valence electrons. The summed E-state index contributed by atoms with van der Waals surface area (Å²) in [7, 11) is 0. The van der Waals surface area contributed by atoms with Crippen molar-refractivity contribution in [3.8, 4) is 11.5 Å². The van der Waals surface area contributed by atoms with Gasteiger partial charge in [0.2, 0.25) is 0 Å². The number of ether oxygens (including phenoxy) is 2. The number of nitrogens with one attached hydrogen (secondary N) is 2. The Labute approximate surface area is 142 Å². The largest absolute Gasteiger partial charge is 0.486 e. The van der Waals surface area contributed by atoms with Gasteiger partial charge < -0.3 is 20.1 Å². The molecular weight excluding hydrogens is 364 g/mol. The van der Waals surface area contributed by atoms with Gasteiger partial charge in [0, 0.05) is 10.2 Å². The lowest BCUT2D eigenvalue weighted by molar-refractivity contribution is 0.0939. The van der Waals surface area contributed by atoms with E-state index >= 15 is 0 Å². The highest BCUT2D eigenvalue weighted by atomic mass is 79.9. The van der Waals surface area contributed by atoms with E-state index in [4.69, 9.17) is 21.7 Å². The van der Waals surface area contributed by atoms with Crippen LogP contribution in [0, 0.1) is 0 Å². The van der Waals surface area contributed by atoms with Crippen LogP contribution >= 0.6 is 28.1 Å². The minimum absolute atomic E-state index is 0.0721.